The second kappa shape index (κ2) is 6.49. The van der Waals surface area contributed by atoms with Gasteiger partial charge in [-0.25, -0.2) is 4.98 Å². The number of aliphatic carboxylic acids is 1. The van der Waals surface area contributed by atoms with E-state index in [1.54, 1.807) is 24.5 Å². The van der Waals surface area contributed by atoms with Crippen LogP contribution in [0.4, 0.5) is 5.69 Å². The lowest BCUT2D eigenvalue weighted by Gasteiger charge is -2.14. The van der Waals surface area contributed by atoms with Gasteiger partial charge in [0.05, 0.1) is 0 Å². The third-order valence-corrected chi connectivity index (χ3v) is 4.64. The van der Waals surface area contributed by atoms with Crippen molar-refractivity contribution in [1.82, 2.24) is 9.97 Å². The second-order valence-corrected chi connectivity index (χ2v) is 6.28. The summed E-state index contributed by atoms with van der Waals surface area (Å²) in [7, 11) is 0. The van der Waals surface area contributed by atoms with Crippen molar-refractivity contribution in [2.45, 2.75) is 5.92 Å². The molecule has 0 spiro atoms. The predicted octanol–water partition coefficient (Wildman–Crippen LogP) is 3.73. The van der Waals surface area contributed by atoms with E-state index in [0.717, 1.165) is 16.5 Å². The molecule has 0 aliphatic carbocycles. The summed E-state index contributed by atoms with van der Waals surface area (Å²) in [6.07, 6.45) is 3.34. The quantitative estimate of drug-likeness (QED) is 0.415. The Morgan fingerprint density at radius 1 is 1.04 bits per heavy atom. The zero-order valence-electron chi connectivity index (χ0n) is 14.3. The molecule has 2 aromatic heterocycles. The Labute approximate surface area is 154 Å². The Bertz CT molecular complexity index is 1130. The molecule has 0 fully saturated rings. The molecule has 1 unspecified atom stereocenters. The second-order valence-electron chi connectivity index (χ2n) is 6.28. The first-order valence-electron chi connectivity index (χ1n) is 8.39. The largest absolute Gasteiger partial charge is 0.508 e. The number of nitrogen functional groups attached to an aromatic ring is 1. The number of phenols is 1. The van der Waals surface area contributed by atoms with Crippen LogP contribution in [0, 0.1) is 0 Å². The van der Waals surface area contributed by atoms with Crippen molar-refractivity contribution >= 4 is 22.7 Å². The molecular weight excluding hydrogens is 342 g/mol. The number of carboxylic acid groups (broad SMARTS) is 1. The predicted molar refractivity (Wildman–Crippen MR) is 104 cm³/mol. The molecule has 6 nitrogen and oxygen atoms in total. The molecule has 0 aliphatic rings. The summed E-state index contributed by atoms with van der Waals surface area (Å²) in [5.74, 6) is -1.81. The molecule has 0 amide bonds. The van der Waals surface area contributed by atoms with Gasteiger partial charge in [0.2, 0.25) is 0 Å². The Hall–Kier alpha value is -3.80. The molecule has 1 atom stereocenters. The molecule has 134 valence electrons. The van der Waals surface area contributed by atoms with Crippen molar-refractivity contribution in [3.8, 4) is 16.9 Å². The molecule has 2 heterocycles. The van der Waals surface area contributed by atoms with Crippen LogP contribution in [-0.4, -0.2) is 26.2 Å². The van der Waals surface area contributed by atoms with Gasteiger partial charge in [0.1, 0.15) is 17.3 Å². The smallest absolute Gasteiger partial charge is 0.315 e. The maximum atomic E-state index is 12.1. The lowest BCUT2D eigenvalue weighted by atomic mass is 9.89. The van der Waals surface area contributed by atoms with Crippen molar-refractivity contribution in [2.75, 3.05) is 5.73 Å². The highest BCUT2D eigenvalue weighted by atomic mass is 16.4. The summed E-state index contributed by atoms with van der Waals surface area (Å²) < 4.78 is 0. The molecule has 4 aromatic rings. The summed E-state index contributed by atoms with van der Waals surface area (Å²) in [4.78, 5) is 19.5. The number of fused-ring (bicyclic) bond motifs is 1. The normalized spacial score (nSPS) is 12.1. The Kier molecular flexibility index (Phi) is 4.01. The van der Waals surface area contributed by atoms with E-state index in [-0.39, 0.29) is 5.75 Å². The van der Waals surface area contributed by atoms with Crippen LogP contribution in [0.15, 0.2) is 67.0 Å². The maximum Gasteiger partial charge on any atom is 0.315 e. The number of hydrogen-bond acceptors (Lipinski definition) is 4. The van der Waals surface area contributed by atoms with Crippen LogP contribution in [0.1, 0.15) is 17.0 Å². The van der Waals surface area contributed by atoms with Gasteiger partial charge in [-0.2, -0.15) is 0 Å². The monoisotopic (exact) mass is 359 g/mol. The van der Waals surface area contributed by atoms with E-state index in [2.05, 4.69) is 9.97 Å². The first-order valence-corrected chi connectivity index (χ1v) is 8.39. The molecule has 2 aromatic carbocycles. The Morgan fingerprint density at radius 2 is 1.78 bits per heavy atom. The van der Waals surface area contributed by atoms with E-state index in [1.165, 1.54) is 12.1 Å². The van der Waals surface area contributed by atoms with Crippen LogP contribution in [0.5, 0.6) is 5.75 Å². The molecule has 0 aliphatic heterocycles. The van der Waals surface area contributed by atoms with Gasteiger partial charge in [-0.05, 0) is 41.0 Å². The number of H-pyrrole nitrogens is 1. The first-order chi connectivity index (χ1) is 13.1. The summed E-state index contributed by atoms with van der Waals surface area (Å²) in [6.45, 7) is 0. The van der Waals surface area contributed by atoms with Crippen molar-refractivity contribution in [3.05, 3.63) is 78.1 Å². The molecule has 5 N–H and O–H groups in total. The van der Waals surface area contributed by atoms with Crippen molar-refractivity contribution < 1.29 is 15.0 Å². The van der Waals surface area contributed by atoms with Gasteiger partial charge in [-0.1, -0.05) is 30.3 Å². The van der Waals surface area contributed by atoms with Gasteiger partial charge in [0, 0.05) is 29.0 Å². The van der Waals surface area contributed by atoms with E-state index in [4.69, 9.17) is 5.73 Å². The van der Waals surface area contributed by atoms with Crippen molar-refractivity contribution in [2.24, 2.45) is 0 Å². The maximum absolute atomic E-state index is 12.1. The SMILES string of the molecule is Nc1ccccc1-c1ccnc2[nH]cc(C(C(=O)O)c3ccc(O)cc3)c12. The summed E-state index contributed by atoms with van der Waals surface area (Å²) >= 11 is 0. The number of aromatic amines is 1. The molecule has 0 radical (unpaired) electrons. The van der Waals surface area contributed by atoms with Gasteiger partial charge in [0.15, 0.2) is 0 Å². The minimum Gasteiger partial charge on any atom is -0.508 e. The summed E-state index contributed by atoms with van der Waals surface area (Å²) in [6, 6.07) is 15.5. The molecule has 27 heavy (non-hydrogen) atoms. The van der Waals surface area contributed by atoms with Crippen molar-refractivity contribution in [3.63, 3.8) is 0 Å². The Balaban J connectivity index is 1.98. The summed E-state index contributed by atoms with van der Waals surface area (Å²) in [5, 5.41) is 20.2. The number of aromatic hydroxyl groups is 1. The number of benzene rings is 2. The number of hydrogen-bond donors (Lipinski definition) is 4. The fraction of sp³-hybridized carbons (Fsp3) is 0.0476. The summed E-state index contributed by atoms with van der Waals surface area (Å²) in [5.41, 5.74) is 10.1. The van der Waals surface area contributed by atoms with E-state index in [1.807, 2.05) is 30.3 Å². The average Bonchev–Trinajstić information content (AvgIpc) is 3.08. The highest BCUT2D eigenvalue weighted by Crippen LogP contribution is 2.38. The molecule has 6 heteroatoms. The number of nitrogens with zero attached hydrogens (tertiary/aromatic N) is 1. The average molecular weight is 359 g/mol. The number of phenolic OH excluding ortho intramolecular Hbond substituents is 1. The van der Waals surface area contributed by atoms with Gasteiger partial charge in [-0.3, -0.25) is 4.79 Å². The van der Waals surface area contributed by atoms with Crippen LogP contribution >= 0.6 is 0 Å². The van der Waals surface area contributed by atoms with E-state index in [9.17, 15) is 15.0 Å². The number of para-hydroxylation sites is 1. The number of carboxylic acids is 1. The number of carbonyl (C=O) groups is 1. The fourth-order valence-electron chi connectivity index (χ4n) is 3.40. The minimum absolute atomic E-state index is 0.0845. The third kappa shape index (κ3) is 2.87. The molecule has 4 rings (SSSR count). The van der Waals surface area contributed by atoms with E-state index in [0.29, 0.717) is 22.5 Å². The molecular formula is C21H17N3O3. The van der Waals surface area contributed by atoms with Crippen LogP contribution in [-0.2, 0) is 4.79 Å². The number of nitrogens with two attached hydrogens (primary N) is 1. The lowest BCUT2D eigenvalue weighted by Crippen LogP contribution is -2.13. The van der Waals surface area contributed by atoms with Crippen molar-refractivity contribution in [1.29, 1.82) is 0 Å². The molecule has 0 saturated heterocycles. The number of nitrogens with one attached hydrogen (secondary N) is 1. The molecule has 0 bridgehead atoms. The van der Waals surface area contributed by atoms with E-state index >= 15 is 0 Å². The number of rotatable bonds is 4. The fourth-order valence-corrected chi connectivity index (χ4v) is 3.40. The standard InChI is InChI=1S/C21H17N3O3/c22-17-4-2-1-3-14(17)15-9-10-23-20-19(15)16(11-24-20)18(21(26)27)12-5-7-13(25)8-6-12/h1-11,18,25H,22H2,(H,23,24)(H,26,27). The highest BCUT2D eigenvalue weighted by molar-refractivity contribution is 6.01. The van der Waals surface area contributed by atoms with Gasteiger partial charge < -0.3 is 20.9 Å². The zero-order chi connectivity index (χ0) is 19.0. The van der Waals surface area contributed by atoms with Gasteiger partial charge in [0.25, 0.3) is 0 Å². The third-order valence-electron chi connectivity index (χ3n) is 4.64. The number of pyridine rings is 1. The van der Waals surface area contributed by atoms with Crippen LogP contribution in [0.25, 0.3) is 22.2 Å². The van der Waals surface area contributed by atoms with E-state index < -0.39 is 11.9 Å². The highest BCUT2D eigenvalue weighted by Gasteiger charge is 2.27. The van der Waals surface area contributed by atoms with Gasteiger partial charge >= 0.3 is 5.97 Å². The lowest BCUT2D eigenvalue weighted by molar-refractivity contribution is -0.137. The van der Waals surface area contributed by atoms with Crippen LogP contribution in [0.3, 0.4) is 0 Å². The zero-order valence-corrected chi connectivity index (χ0v) is 14.3. The van der Waals surface area contributed by atoms with Crippen LogP contribution in [0.2, 0.25) is 0 Å². The van der Waals surface area contributed by atoms with Gasteiger partial charge in [-0.15, -0.1) is 0 Å². The first kappa shape index (κ1) is 16.7. The minimum atomic E-state index is -0.988. The molecule has 0 saturated carbocycles. The number of anilines is 1. The number of aromatic nitrogens is 2. The topological polar surface area (TPSA) is 112 Å². The Morgan fingerprint density at radius 3 is 2.48 bits per heavy atom. The van der Waals surface area contributed by atoms with Crippen LogP contribution < -0.4 is 5.73 Å².